The molecule has 1 aromatic heterocycles. The van der Waals surface area contributed by atoms with Gasteiger partial charge in [-0.05, 0) is 42.3 Å². The van der Waals surface area contributed by atoms with Gasteiger partial charge in [-0.2, -0.15) is 5.21 Å². The van der Waals surface area contributed by atoms with E-state index in [2.05, 4.69) is 31.3 Å². The highest BCUT2D eigenvalue weighted by Crippen LogP contribution is 2.31. The first-order valence-electron chi connectivity index (χ1n) is 7.67. The molecule has 11 nitrogen and oxygen atoms in total. The number of benzene rings is 1. The fourth-order valence-corrected chi connectivity index (χ4v) is 2.75. The van der Waals surface area contributed by atoms with E-state index in [-0.39, 0.29) is 5.95 Å². The number of imide groups is 1. The molecule has 1 aliphatic rings. The Morgan fingerprint density at radius 3 is 2.77 bits per heavy atom. The van der Waals surface area contributed by atoms with Crippen LogP contribution in [0.3, 0.4) is 0 Å². The highest BCUT2D eigenvalue weighted by molar-refractivity contribution is 6.10. The van der Waals surface area contributed by atoms with E-state index in [1.807, 2.05) is 6.92 Å². The molecule has 3 rings (SSSR count). The zero-order valence-electron chi connectivity index (χ0n) is 14.4. The van der Waals surface area contributed by atoms with Crippen molar-refractivity contribution in [1.82, 2.24) is 30.8 Å². The van der Waals surface area contributed by atoms with Gasteiger partial charge in [-0.15, -0.1) is 5.10 Å². The number of nitrogens with zero attached hydrogens (tertiary/aromatic N) is 4. The van der Waals surface area contributed by atoms with Crippen LogP contribution in [0, 0.1) is 6.92 Å². The van der Waals surface area contributed by atoms with Gasteiger partial charge in [-0.1, -0.05) is 11.2 Å². The Morgan fingerprint density at radius 1 is 1.38 bits per heavy atom. The zero-order valence-corrected chi connectivity index (χ0v) is 14.4. The van der Waals surface area contributed by atoms with E-state index in [0.29, 0.717) is 11.3 Å². The molecule has 2 aromatic rings. The van der Waals surface area contributed by atoms with Crippen LogP contribution in [-0.4, -0.2) is 57.0 Å². The van der Waals surface area contributed by atoms with Crippen LogP contribution in [0.4, 0.5) is 10.7 Å². The molecule has 0 spiro atoms. The van der Waals surface area contributed by atoms with Crippen LogP contribution in [0.5, 0.6) is 5.75 Å². The molecule has 3 N–H and O–H groups in total. The predicted octanol–water partition coefficient (Wildman–Crippen LogP) is -0.0776. The average molecular weight is 359 g/mol. The van der Waals surface area contributed by atoms with E-state index in [9.17, 15) is 14.4 Å². The van der Waals surface area contributed by atoms with Gasteiger partial charge in [0.2, 0.25) is 5.91 Å². The lowest BCUT2D eigenvalue weighted by molar-refractivity contribution is -0.133. The maximum absolute atomic E-state index is 12.8. The number of rotatable bonds is 5. The Hall–Kier alpha value is -3.50. The molecule has 1 atom stereocenters. The normalized spacial score (nSPS) is 19.4. The van der Waals surface area contributed by atoms with E-state index >= 15 is 0 Å². The first-order valence-corrected chi connectivity index (χ1v) is 7.67. The van der Waals surface area contributed by atoms with Crippen LogP contribution >= 0.6 is 0 Å². The number of hydrogen-bond acceptors (Lipinski definition) is 7. The summed E-state index contributed by atoms with van der Waals surface area (Å²) >= 11 is 0. The quantitative estimate of drug-likeness (QED) is 0.634. The van der Waals surface area contributed by atoms with Crippen LogP contribution in [0.15, 0.2) is 18.2 Å². The Morgan fingerprint density at radius 2 is 2.15 bits per heavy atom. The molecular formula is C15H17N7O4. The van der Waals surface area contributed by atoms with E-state index in [4.69, 9.17) is 4.74 Å². The molecule has 0 aliphatic carbocycles. The number of aromatic nitrogens is 4. The smallest absolute Gasteiger partial charge is 0.325 e. The molecule has 11 heteroatoms. The largest absolute Gasteiger partial charge is 0.496 e. The molecular weight excluding hydrogens is 342 g/mol. The average Bonchev–Trinajstić information content (AvgIpc) is 3.18. The summed E-state index contributed by atoms with van der Waals surface area (Å²) in [7, 11) is 1.55. The summed E-state index contributed by atoms with van der Waals surface area (Å²) in [5.41, 5.74) is 0.136. The summed E-state index contributed by atoms with van der Waals surface area (Å²) in [5, 5.41) is 17.6. The molecule has 1 aliphatic heterocycles. The zero-order chi connectivity index (χ0) is 18.9. The molecule has 136 valence electrons. The molecule has 0 saturated carbocycles. The third kappa shape index (κ3) is 2.94. The van der Waals surface area contributed by atoms with Crippen molar-refractivity contribution < 1.29 is 19.1 Å². The SMILES string of the molecule is COc1ccc(C2(C)NC(=O)N(CC(=O)Nc3nn[nH]n3)C2=O)cc1C. The third-order valence-corrected chi connectivity index (χ3v) is 4.15. The second kappa shape index (κ2) is 6.43. The lowest BCUT2D eigenvalue weighted by Gasteiger charge is -2.23. The summed E-state index contributed by atoms with van der Waals surface area (Å²) < 4.78 is 5.21. The molecule has 0 radical (unpaired) electrons. The summed E-state index contributed by atoms with van der Waals surface area (Å²) in [4.78, 5) is 37.9. The Balaban J connectivity index is 1.79. The number of nitrogens with one attached hydrogen (secondary N) is 3. The lowest BCUT2D eigenvalue weighted by Crippen LogP contribution is -2.42. The minimum Gasteiger partial charge on any atom is -0.496 e. The van der Waals surface area contributed by atoms with Crippen molar-refractivity contribution >= 4 is 23.8 Å². The highest BCUT2D eigenvalue weighted by Gasteiger charge is 2.49. The summed E-state index contributed by atoms with van der Waals surface area (Å²) in [6, 6.07) is 4.53. The molecule has 2 heterocycles. The number of H-pyrrole nitrogens is 1. The molecule has 4 amide bonds. The van der Waals surface area contributed by atoms with Gasteiger partial charge in [-0.25, -0.2) is 4.79 Å². The predicted molar refractivity (Wildman–Crippen MR) is 88.1 cm³/mol. The fraction of sp³-hybridized carbons (Fsp3) is 0.333. The maximum Gasteiger partial charge on any atom is 0.325 e. The van der Waals surface area contributed by atoms with Crippen molar-refractivity contribution in [2.75, 3.05) is 19.0 Å². The topological polar surface area (TPSA) is 142 Å². The number of tetrazole rings is 1. The van der Waals surface area contributed by atoms with Crippen LogP contribution < -0.4 is 15.4 Å². The molecule has 0 bridgehead atoms. The Kier molecular flexibility index (Phi) is 4.28. The van der Waals surface area contributed by atoms with Crippen LogP contribution in [0.2, 0.25) is 0 Å². The van der Waals surface area contributed by atoms with Gasteiger partial charge in [0.05, 0.1) is 7.11 Å². The Labute approximate surface area is 148 Å². The van der Waals surface area contributed by atoms with Gasteiger partial charge < -0.3 is 10.1 Å². The van der Waals surface area contributed by atoms with Crippen molar-refractivity contribution in [3.63, 3.8) is 0 Å². The monoisotopic (exact) mass is 359 g/mol. The number of hydrogen-bond donors (Lipinski definition) is 3. The molecule has 1 saturated heterocycles. The van der Waals surface area contributed by atoms with Crippen LogP contribution in [-0.2, 0) is 15.1 Å². The number of ether oxygens (including phenoxy) is 1. The van der Waals surface area contributed by atoms with Gasteiger partial charge in [-0.3, -0.25) is 19.8 Å². The summed E-state index contributed by atoms with van der Waals surface area (Å²) in [6.45, 7) is 2.96. The van der Waals surface area contributed by atoms with Crippen molar-refractivity contribution in [2.45, 2.75) is 19.4 Å². The fourth-order valence-electron chi connectivity index (χ4n) is 2.75. The number of anilines is 1. The second-order valence-corrected chi connectivity index (χ2v) is 5.91. The van der Waals surface area contributed by atoms with E-state index < -0.39 is 29.9 Å². The minimum atomic E-state index is -1.28. The van der Waals surface area contributed by atoms with Crippen LogP contribution in [0.25, 0.3) is 0 Å². The standard InChI is InChI=1S/C15H17N7O4/c1-8-6-9(4-5-10(8)26-3)15(2)12(24)22(14(25)17-15)7-11(23)16-13-18-20-21-19-13/h4-6H,7H2,1-3H3,(H,17,25)(H2,16,18,19,20,21,23). The van der Waals surface area contributed by atoms with Crippen molar-refractivity contribution in [2.24, 2.45) is 0 Å². The number of aromatic amines is 1. The first-order chi connectivity index (χ1) is 12.3. The number of carbonyl (C=O) groups is 3. The van der Waals surface area contributed by atoms with Crippen LogP contribution in [0.1, 0.15) is 18.1 Å². The van der Waals surface area contributed by atoms with E-state index in [1.54, 1.807) is 32.2 Å². The lowest BCUT2D eigenvalue weighted by atomic mass is 9.90. The minimum absolute atomic E-state index is 0.0457. The molecule has 1 aromatic carbocycles. The Bertz CT molecular complexity index is 867. The van der Waals surface area contributed by atoms with Gasteiger partial charge in [0.1, 0.15) is 17.8 Å². The van der Waals surface area contributed by atoms with Gasteiger partial charge in [0.15, 0.2) is 0 Å². The van der Waals surface area contributed by atoms with Gasteiger partial charge in [0, 0.05) is 0 Å². The number of carbonyl (C=O) groups excluding carboxylic acids is 3. The number of methoxy groups -OCH3 is 1. The summed E-state index contributed by atoms with van der Waals surface area (Å²) in [5.74, 6) is -0.526. The number of aryl methyl sites for hydroxylation is 1. The summed E-state index contributed by atoms with van der Waals surface area (Å²) in [6.07, 6.45) is 0. The van der Waals surface area contributed by atoms with Crippen molar-refractivity contribution in [3.8, 4) is 5.75 Å². The van der Waals surface area contributed by atoms with Crippen molar-refractivity contribution in [3.05, 3.63) is 29.3 Å². The van der Waals surface area contributed by atoms with E-state index in [1.165, 1.54) is 0 Å². The second-order valence-electron chi connectivity index (χ2n) is 5.91. The number of amides is 4. The first kappa shape index (κ1) is 17.3. The van der Waals surface area contributed by atoms with Crippen molar-refractivity contribution in [1.29, 1.82) is 0 Å². The number of urea groups is 1. The van der Waals surface area contributed by atoms with Gasteiger partial charge in [0.25, 0.3) is 11.9 Å². The van der Waals surface area contributed by atoms with Gasteiger partial charge >= 0.3 is 6.03 Å². The molecule has 1 fully saturated rings. The highest BCUT2D eigenvalue weighted by atomic mass is 16.5. The third-order valence-electron chi connectivity index (χ3n) is 4.15. The van der Waals surface area contributed by atoms with E-state index in [0.717, 1.165) is 10.5 Å². The maximum atomic E-state index is 12.8. The molecule has 26 heavy (non-hydrogen) atoms. The molecule has 1 unspecified atom stereocenters.